The van der Waals surface area contributed by atoms with E-state index < -0.39 is 0 Å². The van der Waals surface area contributed by atoms with Crippen molar-refractivity contribution in [3.8, 4) is 0 Å². The highest BCUT2D eigenvalue weighted by atomic mass is 79.9. The van der Waals surface area contributed by atoms with E-state index in [9.17, 15) is 0 Å². The van der Waals surface area contributed by atoms with Crippen molar-refractivity contribution < 1.29 is 0 Å². The maximum Gasteiger partial charge on any atom is 0.188 e. The molecular weight excluding hydrogens is 320 g/mol. The third kappa shape index (κ3) is 2.65. The predicted octanol–water partition coefficient (Wildman–Crippen LogP) is 5.42. The minimum atomic E-state index is 0.927. The molecular formula is C15H13BrN2S. The van der Waals surface area contributed by atoms with Crippen LogP contribution in [0.5, 0.6) is 0 Å². The normalized spacial score (nSPS) is 10.9. The number of anilines is 2. The summed E-state index contributed by atoms with van der Waals surface area (Å²) in [5, 5.41) is 4.30. The van der Waals surface area contributed by atoms with Gasteiger partial charge in [0.05, 0.1) is 10.2 Å². The number of nitrogens with one attached hydrogen (secondary N) is 1. The number of benzene rings is 2. The van der Waals surface area contributed by atoms with E-state index in [2.05, 4.69) is 64.3 Å². The van der Waals surface area contributed by atoms with Crippen molar-refractivity contribution in [2.75, 3.05) is 5.32 Å². The van der Waals surface area contributed by atoms with E-state index in [1.165, 1.54) is 15.8 Å². The lowest BCUT2D eigenvalue weighted by atomic mass is 10.1. The van der Waals surface area contributed by atoms with Crippen LogP contribution < -0.4 is 5.32 Å². The zero-order valence-corrected chi connectivity index (χ0v) is 13.1. The van der Waals surface area contributed by atoms with E-state index in [0.717, 1.165) is 20.8 Å². The number of fused-ring (bicyclic) bond motifs is 1. The van der Waals surface area contributed by atoms with Crippen molar-refractivity contribution in [1.82, 2.24) is 4.98 Å². The third-order valence-electron chi connectivity index (χ3n) is 3.11. The van der Waals surface area contributed by atoms with Crippen LogP contribution in [-0.4, -0.2) is 4.98 Å². The van der Waals surface area contributed by atoms with E-state index in [-0.39, 0.29) is 0 Å². The second-order valence-corrected chi connectivity index (χ2v) is 6.50. The van der Waals surface area contributed by atoms with Gasteiger partial charge < -0.3 is 5.32 Å². The highest BCUT2D eigenvalue weighted by Crippen LogP contribution is 2.30. The molecule has 0 radical (unpaired) electrons. The molecule has 0 bridgehead atoms. The number of nitrogens with zero attached hydrogens (tertiary/aromatic N) is 1. The molecule has 19 heavy (non-hydrogen) atoms. The molecule has 3 rings (SSSR count). The molecule has 0 saturated heterocycles. The largest absolute Gasteiger partial charge is 0.332 e. The number of hydrogen-bond acceptors (Lipinski definition) is 3. The Balaban J connectivity index is 1.94. The Hall–Kier alpha value is -1.39. The first-order valence-corrected chi connectivity index (χ1v) is 7.63. The zero-order valence-electron chi connectivity index (χ0n) is 10.7. The SMILES string of the molecule is Cc1ccc(Nc2nc3ccc(Br)cc3s2)cc1C. The standard InChI is InChI=1S/C15H13BrN2S/c1-9-3-5-12(7-10(9)2)17-15-18-13-6-4-11(16)8-14(13)19-15/h3-8H,1-2H3,(H,17,18). The summed E-state index contributed by atoms with van der Waals surface area (Å²) in [6, 6.07) is 12.5. The number of halogens is 1. The van der Waals surface area contributed by atoms with Crippen LogP contribution in [-0.2, 0) is 0 Å². The van der Waals surface area contributed by atoms with Crippen LogP contribution in [0, 0.1) is 13.8 Å². The van der Waals surface area contributed by atoms with Gasteiger partial charge >= 0.3 is 0 Å². The number of rotatable bonds is 2. The van der Waals surface area contributed by atoms with Crippen molar-refractivity contribution >= 4 is 48.3 Å². The molecule has 2 aromatic carbocycles. The number of aromatic nitrogens is 1. The third-order valence-corrected chi connectivity index (χ3v) is 4.54. The van der Waals surface area contributed by atoms with Gasteiger partial charge in [0.1, 0.15) is 0 Å². The molecule has 3 aromatic rings. The Bertz CT molecular complexity index is 749. The highest BCUT2D eigenvalue weighted by molar-refractivity contribution is 9.10. The molecule has 1 aromatic heterocycles. The predicted molar refractivity (Wildman–Crippen MR) is 86.5 cm³/mol. The second-order valence-electron chi connectivity index (χ2n) is 4.56. The number of hydrogen-bond donors (Lipinski definition) is 1. The average molecular weight is 333 g/mol. The first kappa shape index (κ1) is 12.6. The molecule has 0 saturated carbocycles. The first-order chi connectivity index (χ1) is 9.11. The molecule has 0 atom stereocenters. The lowest BCUT2D eigenvalue weighted by Gasteiger charge is -2.05. The Morgan fingerprint density at radius 1 is 1.05 bits per heavy atom. The monoisotopic (exact) mass is 332 g/mol. The zero-order chi connectivity index (χ0) is 13.4. The number of aryl methyl sites for hydroxylation is 2. The molecule has 0 amide bonds. The van der Waals surface area contributed by atoms with Crippen LogP contribution in [0.25, 0.3) is 10.2 Å². The maximum atomic E-state index is 4.59. The summed E-state index contributed by atoms with van der Waals surface area (Å²) in [6.07, 6.45) is 0. The molecule has 1 N–H and O–H groups in total. The fourth-order valence-electron chi connectivity index (χ4n) is 1.89. The van der Waals surface area contributed by atoms with Crippen LogP contribution in [0.15, 0.2) is 40.9 Å². The van der Waals surface area contributed by atoms with Gasteiger partial charge in [0.2, 0.25) is 0 Å². The lowest BCUT2D eigenvalue weighted by molar-refractivity contribution is 1.33. The van der Waals surface area contributed by atoms with E-state index in [0.29, 0.717) is 0 Å². The Morgan fingerprint density at radius 2 is 1.89 bits per heavy atom. The molecule has 2 nitrogen and oxygen atoms in total. The van der Waals surface area contributed by atoms with Gasteiger partial charge in [-0.2, -0.15) is 0 Å². The first-order valence-electron chi connectivity index (χ1n) is 6.02. The quantitative estimate of drug-likeness (QED) is 0.677. The highest BCUT2D eigenvalue weighted by Gasteiger charge is 2.05. The van der Waals surface area contributed by atoms with Crippen molar-refractivity contribution in [3.05, 3.63) is 52.0 Å². The van der Waals surface area contributed by atoms with Crippen LogP contribution in [0.2, 0.25) is 0 Å². The molecule has 0 unspecified atom stereocenters. The topological polar surface area (TPSA) is 24.9 Å². The van der Waals surface area contributed by atoms with E-state index >= 15 is 0 Å². The van der Waals surface area contributed by atoms with Gasteiger partial charge in [0.25, 0.3) is 0 Å². The summed E-state index contributed by atoms with van der Waals surface area (Å²) in [6.45, 7) is 4.24. The van der Waals surface area contributed by atoms with Crippen LogP contribution in [0.3, 0.4) is 0 Å². The summed E-state index contributed by atoms with van der Waals surface area (Å²) in [5.74, 6) is 0. The van der Waals surface area contributed by atoms with Crippen molar-refractivity contribution in [3.63, 3.8) is 0 Å². The number of thiazole rings is 1. The van der Waals surface area contributed by atoms with Crippen LogP contribution in [0.4, 0.5) is 10.8 Å². The van der Waals surface area contributed by atoms with E-state index in [4.69, 9.17) is 0 Å². The summed E-state index contributed by atoms with van der Waals surface area (Å²) in [7, 11) is 0. The van der Waals surface area contributed by atoms with Crippen molar-refractivity contribution in [2.24, 2.45) is 0 Å². The fraction of sp³-hybridized carbons (Fsp3) is 0.133. The van der Waals surface area contributed by atoms with Crippen molar-refractivity contribution in [1.29, 1.82) is 0 Å². The second kappa shape index (κ2) is 4.94. The fourth-order valence-corrected chi connectivity index (χ4v) is 3.33. The summed E-state index contributed by atoms with van der Waals surface area (Å²) < 4.78 is 2.27. The average Bonchev–Trinajstić information content (AvgIpc) is 2.75. The Morgan fingerprint density at radius 3 is 2.68 bits per heavy atom. The van der Waals surface area contributed by atoms with E-state index in [1.807, 2.05) is 12.1 Å². The van der Waals surface area contributed by atoms with Crippen molar-refractivity contribution in [2.45, 2.75) is 13.8 Å². The molecule has 0 aliphatic heterocycles. The lowest BCUT2D eigenvalue weighted by Crippen LogP contribution is -1.90. The van der Waals surface area contributed by atoms with Gasteiger partial charge in [-0.3, -0.25) is 0 Å². The van der Waals surface area contributed by atoms with Crippen LogP contribution in [0.1, 0.15) is 11.1 Å². The van der Waals surface area contributed by atoms with Gasteiger partial charge in [-0.05, 0) is 55.3 Å². The van der Waals surface area contributed by atoms with Gasteiger partial charge in [-0.15, -0.1) is 0 Å². The molecule has 96 valence electrons. The Kier molecular flexibility index (Phi) is 3.29. The van der Waals surface area contributed by atoms with Crippen LogP contribution >= 0.6 is 27.3 Å². The van der Waals surface area contributed by atoms with E-state index in [1.54, 1.807) is 11.3 Å². The van der Waals surface area contributed by atoms with Gasteiger partial charge in [-0.25, -0.2) is 4.98 Å². The molecule has 0 fully saturated rings. The molecule has 4 heteroatoms. The van der Waals surface area contributed by atoms with Gasteiger partial charge in [0.15, 0.2) is 5.13 Å². The van der Waals surface area contributed by atoms with Gasteiger partial charge in [-0.1, -0.05) is 33.3 Å². The maximum absolute atomic E-state index is 4.59. The molecule has 0 spiro atoms. The van der Waals surface area contributed by atoms with Gasteiger partial charge in [0, 0.05) is 10.2 Å². The minimum absolute atomic E-state index is 0.927. The smallest absolute Gasteiger partial charge is 0.188 e. The minimum Gasteiger partial charge on any atom is -0.332 e. The molecule has 0 aliphatic carbocycles. The Labute approximate surface area is 124 Å². The molecule has 1 heterocycles. The molecule has 0 aliphatic rings. The summed E-state index contributed by atoms with van der Waals surface area (Å²) >= 11 is 5.15. The summed E-state index contributed by atoms with van der Waals surface area (Å²) in [4.78, 5) is 4.59. The summed E-state index contributed by atoms with van der Waals surface area (Å²) in [5.41, 5.74) is 4.70.